The quantitative estimate of drug-likeness (QED) is 0.789. The van der Waals surface area contributed by atoms with E-state index in [9.17, 15) is 13.2 Å². The van der Waals surface area contributed by atoms with E-state index < -0.39 is 10.0 Å². The molecule has 0 aliphatic carbocycles. The minimum atomic E-state index is -3.19. The Morgan fingerprint density at radius 3 is 2.67 bits per heavy atom. The second kappa shape index (κ2) is 8.24. The zero-order valence-electron chi connectivity index (χ0n) is 16.1. The Morgan fingerprint density at radius 1 is 1.30 bits per heavy atom. The van der Waals surface area contributed by atoms with E-state index in [1.165, 1.54) is 21.2 Å². The van der Waals surface area contributed by atoms with Crippen LogP contribution in [-0.4, -0.2) is 42.5 Å². The molecule has 0 atom stereocenters. The first-order valence-corrected chi connectivity index (χ1v) is 11.9. The number of carbonyl (C=O) groups excluding carboxylic acids is 1. The summed E-state index contributed by atoms with van der Waals surface area (Å²) in [6.45, 7) is 6.89. The van der Waals surface area contributed by atoms with Gasteiger partial charge in [0, 0.05) is 19.0 Å². The van der Waals surface area contributed by atoms with Crippen LogP contribution in [0, 0.1) is 19.8 Å². The molecule has 0 spiro atoms. The van der Waals surface area contributed by atoms with Gasteiger partial charge in [-0.1, -0.05) is 30.7 Å². The summed E-state index contributed by atoms with van der Waals surface area (Å²) in [4.78, 5) is 17.2. The van der Waals surface area contributed by atoms with Crippen LogP contribution in [0.5, 0.6) is 0 Å². The van der Waals surface area contributed by atoms with Gasteiger partial charge in [-0.3, -0.25) is 4.79 Å². The van der Waals surface area contributed by atoms with Crippen LogP contribution in [0.3, 0.4) is 0 Å². The molecule has 1 aromatic heterocycles. The Kier molecular flexibility index (Phi) is 6.18. The first kappa shape index (κ1) is 20.2. The number of sulfonamides is 1. The van der Waals surface area contributed by atoms with Crippen LogP contribution in [-0.2, 0) is 14.8 Å². The van der Waals surface area contributed by atoms with Gasteiger partial charge in [0.1, 0.15) is 0 Å². The Morgan fingerprint density at radius 2 is 2.00 bits per heavy atom. The molecule has 1 fully saturated rings. The van der Waals surface area contributed by atoms with Crippen molar-refractivity contribution < 1.29 is 13.2 Å². The molecule has 1 N–H and O–H groups in total. The maximum atomic E-state index is 12.6. The summed E-state index contributed by atoms with van der Waals surface area (Å²) in [5.74, 6) is -0.0308. The minimum Gasteiger partial charge on any atom is -0.302 e. The Balaban J connectivity index is 1.61. The third-order valence-electron chi connectivity index (χ3n) is 5.03. The van der Waals surface area contributed by atoms with Crippen molar-refractivity contribution in [2.75, 3.05) is 24.2 Å². The number of aryl methyl sites for hydroxylation is 2. The first-order valence-electron chi connectivity index (χ1n) is 9.46. The van der Waals surface area contributed by atoms with Crippen molar-refractivity contribution in [1.29, 1.82) is 0 Å². The maximum Gasteiger partial charge on any atom is 0.229 e. The van der Waals surface area contributed by atoms with E-state index in [-0.39, 0.29) is 17.6 Å². The third kappa shape index (κ3) is 4.67. The van der Waals surface area contributed by atoms with Crippen molar-refractivity contribution in [3.63, 3.8) is 0 Å². The number of unbranched alkanes of at least 4 members (excludes halogenated alkanes) is 1. The lowest BCUT2D eigenvalue weighted by Gasteiger charge is -2.30. The van der Waals surface area contributed by atoms with Gasteiger partial charge < -0.3 is 5.32 Å². The Bertz CT molecular complexity index is 929. The standard InChI is InChI=1S/C19H27N3O3S2/c1-4-5-10-27(24,25)22-8-6-15(7-9-22)18(23)21-19-20-17-14(3)11-13(2)12-16(17)26-19/h11-12,15H,4-10H2,1-3H3,(H,20,21,23). The lowest BCUT2D eigenvalue weighted by Crippen LogP contribution is -2.42. The molecule has 1 aliphatic rings. The van der Waals surface area contributed by atoms with Crippen molar-refractivity contribution in [1.82, 2.24) is 9.29 Å². The van der Waals surface area contributed by atoms with E-state index in [1.807, 2.05) is 20.8 Å². The van der Waals surface area contributed by atoms with Gasteiger partial charge in [-0.25, -0.2) is 17.7 Å². The molecule has 1 aromatic carbocycles. The molecule has 2 heterocycles. The molecule has 148 valence electrons. The summed E-state index contributed by atoms with van der Waals surface area (Å²) in [6.07, 6.45) is 2.65. The minimum absolute atomic E-state index is 0.0611. The van der Waals surface area contributed by atoms with Crippen molar-refractivity contribution in [2.45, 2.75) is 46.5 Å². The highest BCUT2D eigenvalue weighted by molar-refractivity contribution is 7.89. The smallest absolute Gasteiger partial charge is 0.229 e. The zero-order chi connectivity index (χ0) is 19.6. The summed E-state index contributed by atoms with van der Waals surface area (Å²) in [5, 5.41) is 3.55. The molecule has 27 heavy (non-hydrogen) atoms. The average molecular weight is 410 g/mol. The molecule has 8 heteroatoms. The van der Waals surface area contributed by atoms with Gasteiger partial charge >= 0.3 is 0 Å². The second-order valence-corrected chi connectivity index (χ2v) is 10.4. The predicted octanol–water partition coefficient (Wildman–Crippen LogP) is 3.69. The van der Waals surface area contributed by atoms with Gasteiger partial charge in [0.15, 0.2) is 5.13 Å². The largest absolute Gasteiger partial charge is 0.302 e. The molecule has 0 radical (unpaired) electrons. The predicted molar refractivity (Wildman–Crippen MR) is 111 cm³/mol. The van der Waals surface area contributed by atoms with Gasteiger partial charge in [-0.15, -0.1) is 0 Å². The maximum absolute atomic E-state index is 12.6. The van der Waals surface area contributed by atoms with Crippen LogP contribution < -0.4 is 5.32 Å². The Hall–Kier alpha value is -1.51. The highest BCUT2D eigenvalue weighted by atomic mass is 32.2. The van der Waals surface area contributed by atoms with Gasteiger partial charge in [0.2, 0.25) is 15.9 Å². The van der Waals surface area contributed by atoms with Crippen LogP contribution in [0.4, 0.5) is 5.13 Å². The Labute approximate surface area is 165 Å². The number of thiazole rings is 1. The van der Waals surface area contributed by atoms with E-state index in [0.29, 0.717) is 37.5 Å². The number of amides is 1. The number of nitrogens with one attached hydrogen (secondary N) is 1. The number of aromatic nitrogens is 1. The highest BCUT2D eigenvalue weighted by Crippen LogP contribution is 2.30. The number of rotatable bonds is 6. The molecule has 0 bridgehead atoms. The molecule has 1 amide bonds. The first-order chi connectivity index (χ1) is 12.8. The topological polar surface area (TPSA) is 79.4 Å². The van der Waals surface area contributed by atoms with Crippen molar-refractivity contribution in [3.05, 3.63) is 23.3 Å². The molecule has 1 saturated heterocycles. The number of hydrogen-bond acceptors (Lipinski definition) is 5. The zero-order valence-corrected chi connectivity index (χ0v) is 17.8. The number of carbonyl (C=O) groups is 1. The monoisotopic (exact) mass is 409 g/mol. The van der Waals surface area contributed by atoms with E-state index >= 15 is 0 Å². The SMILES string of the molecule is CCCCS(=O)(=O)N1CCC(C(=O)Nc2nc3c(C)cc(C)cc3s2)CC1. The number of benzene rings is 1. The number of nitrogens with zero attached hydrogens (tertiary/aromatic N) is 2. The lowest BCUT2D eigenvalue weighted by molar-refractivity contribution is -0.120. The summed E-state index contributed by atoms with van der Waals surface area (Å²) in [6, 6.07) is 4.16. The van der Waals surface area contributed by atoms with Gasteiger partial charge in [-0.2, -0.15) is 0 Å². The fourth-order valence-electron chi connectivity index (χ4n) is 3.48. The van der Waals surface area contributed by atoms with Crippen molar-refractivity contribution in [3.8, 4) is 0 Å². The van der Waals surface area contributed by atoms with Crippen LogP contribution >= 0.6 is 11.3 Å². The summed E-state index contributed by atoms with van der Waals surface area (Å²) >= 11 is 1.48. The molecular formula is C19H27N3O3S2. The molecule has 0 saturated carbocycles. The molecule has 1 aliphatic heterocycles. The summed E-state index contributed by atoms with van der Waals surface area (Å²) < 4.78 is 27.2. The van der Waals surface area contributed by atoms with Gasteiger partial charge in [0.05, 0.1) is 16.0 Å². The van der Waals surface area contributed by atoms with Crippen LogP contribution in [0.15, 0.2) is 12.1 Å². The number of anilines is 1. The molecule has 0 unspecified atom stereocenters. The van der Waals surface area contributed by atoms with Crippen LogP contribution in [0.1, 0.15) is 43.7 Å². The van der Waals surface area contributed by atoms with Crippen molar-refractivity contribution in [2.24, 2.45) is 5.92 Å². The average Bonchev–Trinajstić information content (AvgIpc) is 3.02. The number of piperidine rings is 1. The lowest BCUT2D eigenvalue weighted by atomic mass is 9.97. The highest BCUT2D eigenvalue weighted by Gasteiger charge is 2.31. The van der Waals surface area contributed by atoms with Crippen LogP contribution in [0.2, 0.25) is 0 Å². The van der Waals surface area contributed by atoms with E-state index in [0.717, 1.165) is 22.2 Å². The summed E-state index contributed by atoms with van der Waals surface area (Å²) in [7, 11) is -3.19. The summed E-state index contributed by atoms with van der Waals surface area (Å²) in [5.41, 5.74) is 3.21. The molecule has 2 aromatic rings. The fourth-order valence-corrected chi connectivity index (χ4v) is 6.21. The fraction of sp³-hybridized carbons (Fsp3) is 0.579. The molecule has 6 nitrogen and oxygen atoms in total. The molecule has 3 rings (SSSR count). The second-order valence-electron chi connectivity index (χ2n) is 7.28. The normalized spacial score (nSPS) is 16.7. The van der Waals surface area contributed by atoms with Crippen LogP contribution in [0.25, 0.3) is 10.2 Å². The number of fused-ring (bicyclic) bond motifs is 1. The van der Waals surface area contributed by atoms with Gasteiger partial charge in [0.25, 0.3) is 0 Å². The van der Waals surface area contributed by atoms with E-state index in [1.54, 1.807) is 0 Å². The molecular weight excluding hydrogens is 382 g/mol. The number of hydrogen-bond donors (Lipinski definition) is 1. The van der Waals surface area contributed by atoms with E-state index in [4.69, 9.17) is 0 Å². The van der Waals surface area contributed by atoms with Crippen molar-refractivity contribution >= 4 is 42.6 Å². The third-order valence-corrected chi connectivity index (χ3v) is 7.91. The van der Waals surface area contributed by atoms with Gasteiger partial charge in [-0.05, 0) is 50.3 Å². The van der Waals surface area contributed by atoms with E-state index in [2.05, 4.69) is 22.4 Å².